The van der Waals surface area contributed by atoms with Crippen molar-refractivity contribution >= 4 is 29.9 Å². The van der Waals surface area contributed by atoms with Crippen LogP contribution in [-0.2, 0) is 16.1 Å². The van der Waals surface area contributed by atoms with Crippen LogP contribution >= 0.6 is 0 Å². The normalized spacial score (nSPS) is 11.0. The zero-order valence-electron chi connectivity index (χ0n) is 18.2. The van der Waals surface area contributed by atoms with Crippen molar-refractivity contribution in [2.75, 3.05) is 13.2 Å². The van der Waals surface area contributed by atoms with Crippen molar-refractivity contribution in [3.8, 4) is 5.75 Å². The van der Waals surface area contributed by atoms with Gasteiger partial charge in [-0.2, -0.15) is 0 Å². The Morgan fingerprint density at radius 2 is 1.59 bits per heavy atom. The third-order valence-corrected chi connectivity index (χ3v) is 4.33. The third kappa shape index (κ3) is 8.15. The van der Waals surface area contributed by atoms with Crippen LogP contribution in [0.4, 0.5) is 9.59 Å². The number of alkyl carbamates (subject to hydrolysis) is 1. The van der Waals surface area contributed by atoms with E-state index in [2.05, 4.69) is 20.7 Å². The van der Waals surface area contributed by atoms with Gasteiger partial charge >= 0.3 is 18.1 Å². The molecule has 0 aliphatic carbocycles. The summed E-state index contributed by atoms with van der Waals surface area (Å²) < 4.78 is 4.52. The van der Waals surface area contributed by atoms with E-state index in [4.69, 9.17) is 0 Å². The standard InChI is InChI=1S/C22H24N4O8/c1-2-34-22(33)26-21(32)24-12-17(20(30)31)25-19(29)15-8-6-14(7-9-15)18(28)23-11-13-4-3-5-16(27)10-13/h3-10,17,27H,2,11-12H2,1H3,(H,23,28)(H,25,29)(H,30,31)(H2,24,26,32,33). The molecule has 0 heterocycles. The third-order valence-electron chi connectivity index (χ3n) is 4.33. The second-order valence-electron chi connectivity index (χ2n) is 6.85. The molecular weight excluding hydrogens is 448 g/mol. The molecule has 34 heavy (non-hydrogen) atoms. The summed E-state index contributed by atoms with van der Waals surface area (Å²) in [4.78, 5) is 58.9. The topological polar surface area (TPSA) is 183 Å². The number of phenolic OH excluding ortho intramolecular Hbond substituents is 1. The van der Waals surface area contributed by atoms with Gasteiger partial charge in [-0.1, -0.05) is 12.1 Å². The van der Waals surface area contributed by atoms with Gasteiger partial charge < -0.3 is 30.9 Å². The fourth-order valence-corrected chi connectivity index (χ4v) is 2.66. The Labute approximate surface area is 194 Å². The van der Waals surface area contributed by atoms with Crippen molar-refractivity contribution in [2.24, 2.45) is 0 Å². The molecule has 5 amide bonds. The van der Waals surface area contributed by atoms with Gasteiger partial charge in [-0.25, -0.2) is 19.7 Å². The molecule has 0 saturated carbocycles. The maximum absolute atomic E-state index is 12.4. The molecule has 12 nitrogen and oxygen atoms in total. The molecule has 0 aromatic heterocycles. The molecule has 2 aromatic carbocycles. The molecular formula is C22H24N4O8. The molecule has 0 saturated heterocycles. The van der Waals surface area contributed by atoms with Gasteiger partial charge in [0.2, 0.25) is 0 Å². The lowest BCUT2D eigenvalue weighted by molar-refractivity contribution is -0.139. The van der Waals surface area contributed by atoms with Crippen LogP contribution in [0.15, 0.2) is 48.5 Å². The summed E-state index contributed by atoms with van der Waals surface area (Å²) in [6, 6.07) is 9.43. The van der Waals surface area contributed by atoms with Gasteiger partial charge in [0.05, 0.1) is 13.2 Å². The number of benzene rings is 2. The number of urea groups is 1. The molecule has 1 atom stereocenters. The number of rotatable bonds is 9. The Morgan fingerprint density at radius 1 is 0.941 bits per heavy atom. The van der Waals surface area contributed by atoms with Crippen LogP contribution in [0.1, 0.15) is 33.2 Å². The minimum Gasteiger partial charge on any atom is -0.508 e. The highest BCUT2D eigenvalue weighted by molar-refractivity contribution is 5.99. The molecule has 6 N–H and O–H groups in total. The minimum absolute atomic E-state index is 0.0466. The van der Waals surface area contributed by atoms with Gasteiger partial charge in [0.25, 0.3) is 11.8 Å². The monoisotopic (exact) mass is 472 g/mol. The highest BCUT2D eigenvalue weighted by Gasteiger charge is 2.22. The number of hydrogen-bond acceptors (Lipinski definition) is 7. The van der Waals surface area contributed by atoms with Gasteiger partial charge in [-0.15, -0.1) is 0 Å². The van der Waals surface area contributed by atoms with Crippen molar-refractivity contribution in [1.82, 2.24) is 21.3 Å². The van der Waals surface area contributed by atoms with Crippen LogP contribution in [0.5, 0.6) is 5.75 Å². The highest BCUT2D eigenvalue weighted by Crippen LogP contribution is 2.11. The molecule has 2 rings (SSSR count). The average molecular weight is 472 g/mol. The van der Waals surface area contributed by atoms with Crippen LogP contribution in [-0.4, -0.2) is 59.3 Å². The van der Waals surface area contributed by atoms with Gasteiger partial charge in [0, 0.05) is 17.7 Å². The van der Waals surface area contributed by atoms with E-state index in [-0.39, 0.29) is 30.0 Å². The molecule has 1 unspecified atom stereocenters. The summed E-state index contributed by atoms with van der Waals surface area (Å²) in [5, 5.41) is 27.7. The Balaban J connectivity index is 1.90. The Morgan fingerprint density at radius 3 is 2.18 bits per heavy atom. The van der Waals surface area contributed by atoms with Gasteiger partial charge in [-0.05, 0) is 48.9 Å². The number of hydrogen-bond donors (Lipinski definition) is 6. The predicted octanol–water partition coefficient (Wildman–Crippen LogP) is 0.961. The van der Waals surface area contributed by atoms with Crippen molar-refractivity contribution in [2.45, 2.75) is 19.5 Å². The number of imide groups is 1. The minimum atomic E-state index is -1.48. The van der Waals surface area contributed by atoms with E-state index in [9.17, 15) is 34.2 Å². The maximum atomic E-state index is 12.4. The first-order valence-corrected chi connectivity index (χ1v) is 10.1. The summed E-state index contributed by atoms with van der Waals surface area (Å²) in [5.74, 6) is -2.48. The van der Waals surface area contributed by atoms with E-state index in [1.54, 1.807) is 19.1 Å². The van der Waals surface area contributed by atoms with Crippen molar-refractivity contribution in [3.05, 3.63) is 65.2 Å². The lowest BCUT2D eigenvalue weighted by Crippen LogP contribution is -2.51. The lowest BCUT2D eigenvalue weighted by Gasteiger charge is -2.15. The van der Waals surface area contributed by atoms with Gasteiger partial charge in [0.1, 0.15) is 11.8 Å². The largest absolute Gasteiger partial charge is 0.508 e. The lowest BCUT2D eigenvalue weighted by atomic mass is 10.1. The van der Waals surface area contributed by atoms with E-state index in [1.807, 2.05) is 5.32 Å². The van der Waals surface area contributed by atoms with Crippen molar-refractivity contribution < 1.29 is 38.9 Å². The zero-order valence-corrected chi connectivity index (χ0v) is 18.2. The molecule has 0 aliphatic rings. The number of carboxylic acids is 1. The van der Waals surface area contributed by atoms with E-state index < -0.39 is 42.5 Å². The van der Waals surface area contributed by atoms with Gasteiger partial charge in [0.15, 0.2) is 0 Å². The zero-order chi connectivity index (χ0) is 25.1. The van der Waals surface area contributed by atoms with Crippen LogP contribution in [0.25, 0.3) is 0 Å². The number of nitrogens with one attached hydrogen (secondary N) is 4. The molecule has 0 fully saturated rings. The molecule has 180 valence electrons. The summed E-state index contributed by atoms with van der Waals surface area (Å²) >= 11 is 0. The first-order chi connectivity index (χ1) is 16.2. The van der Waals surface area contributed by atoms with E-state index in [1.165, 1.54) is 36.4 Å². The first-order valence-electron chi connectivity index (χ1n) is 10.1. The number of phenols is 1. The maximum Gasteiger partial charge on any atom is 0.415 e. The second-order valence-corrected chi connectivity index (χ2v) is 6.85. The number of carbonyl (C=O) groups excluding carboxylic acids is 4. The molecule has 0 aliphatic heterocycles. The first kappa shape index (κ1) is 25.6. The summed E-state index contributed by atoms with van der Waals surface area (Å²) in [6.45, 7) is 1.28. The number of amides is 5. The van der Waals surface area contributed by atoms with Crippen LogP contribution < -0.4 is 21.3 Å². The molecule has 2 aromatic rings. The summed E-state index contributed by atoms with van der Waals surface area (Å²) in [6.07, 6.45) is -0.998. The molecule has 0 bridgehead atoms. The van der Waals surface area contributed by atoms with Crippen molar-refractivity contribution in [1.29, 1.82) is 0 Å². The summed E-state index contributed by atoms with van der Waals surface area (Å²) in [5.41, 5.74) is 1.06. The second kappa shape index (κ2) is 12.4. The van der Waals surface area contributed by atoms with Crippen LogP contribution in [0, 0.1) is 0 Å². The van der Waals surface area contributed by atoms with E-state index in [0.29, 0.717) is 5.56 Å². The van der Waals surface area contributed by atoms with Gasteiger partial charge in [-0.3, -0.25) is 9.59 Å². The van der Waals surface area contributed by atoms with Crippen molar-refractivity contribution in [3.63, 3.8) is 0 Å². The molecule has 0 spiro atoms. The average Bonchev–Trinajstić information content (AvgIpc) is 2.80. The Bertz CT molecular complexity index is 1060. The fraction of sp³-hybridized carbons (Fsp3) is 0.227. The SMILES string of the molecule is CCOC(=O)NC(=O)NCC(NC(=O)c1ccc(C(=O)NCc2cccc(O)c2)cc1)C(=O)O. The number of carbonyl (C=O) groups is 5. The number of aromatic hydroxyl groups is 1. The number of carboxylic acid groups (broad SMARTS) is 1. The highest BCUT2D eigenvalue weighted by atomic mass is 16.5. The molecule has 12 heteroatoms. The van der Waals surface area contributed by atoms with Crippen LogP contribution in [0.3, 0.4) is 0 Å². The Kier molecular flexibility index (Phi) is 9.38. The fourth-order valence-electron chi connectivity index (χ4n) is 2.66. The number of aliphatic carboxylic acids is 1. The quantitative estimate of drug-likeness (QED) is 0.312. The number of ether oxygens (including phenoxy) is 1. The van der Waals surface area contributed by atoms with E-state index >= 15 is 0 Å². The smallest absolute Gasteiger partial charge is 0.415 e. The predicted molar refractivity (Wildman–Crippen MR) is 118 cm³/mol. The molecule has 0 radical (unpaired) electrons. The van der Waals surface area contributed by atoms with E-state index in [0.717, 1.165) is 0 Å². The van der Waals surface area contributed by atoms with Crippen LogP contribution in [0.2, 0.25) is 0 Å². The Hall–Kier alpha value is -4.61. The summed E-state index contributed by atoms with van der Waals surface area (Å²) in [7, 11) is 0.